The Bertz CT molecular complexity index is 914. The lowest BCUT2D eigenvalue weighted by atomic mass is 9.95. The van der Waals surface area contributed by atoms with Crippen LogP contribution in [0.2, 0.25) is 0 Å². The molecule has 2 unspecified atom stereocenters. The first-order valence-electron chi connectivity index (χ1n) is 11.1. The van der Waals surface area contributed by atoms with Gasteiger partial charge >= 0.3 is 0 Å². The molecule has 1 amide bonds. The van der Waals surface area contributed by atoms with E-state index in [0.29, 0.717) is 5.92 Å². The molecule has 0 radical (unpaired) electrons. The quantitative estimate of drug-likeness (QED) is 0.683. The fourth-order valence-electron chi connectivity index (χ4n) is 5.35. The topological polar surface area (TPSA) is 26.8 Å². The maximum absolute atomic E-state index is 12.8. The molecule has 0 saturated heterocycles. The zero-order valence-corrected chi connectivity index (χ0v) is 18.4. The van der Waals surface area contributed by atoms with Crippen molar-refractivity contribution in [2.75, 3.05) is 40.9 Å². The van der Waals surface area contributed by atoms with E-state index in [0.717, 1.165) is 38.3 Å². The molecule has 2 aromatic carbocycles. The van der Waals surface area contributed by atoms with E-state index < -0.39 is 0 Å². The summed E-state index contributed by atoms with van der Waals surface area (Å²) >= 11 is 0. The van der Waals surface area contributed by atoms with E-state index in [1.807, 2.05) is 0 Å². The molecular weight excluding hydrogens is 358 g/mol. The van der Waals surface area contributed by atoms with Gasteiger partial charge in [-0.15, -0.1) is 0 Å². The van der Waals surface area contributed by atoms with E-state index in [-0.39, 0.29) is 11.9 Å². The highest BCUT2D eigenvalue weighted by Gasteiger charge is 2.46. The Labute approximate surface area is 175 Å². The average molecular weight is 392 g/mol. The van der Waals surface area contributed by atoms with E-state index in [9.17, 15) is 4.79 Å². The molecule has 0 spiro atoms. The van der Waals surface area contributed by atoms with Crippen LogP contribution < -0.4 is 14.7 Å². The lowest BCUT2D eigenvalue weighted by molar-refractivity contribution is -0.117. The van der Waals surface area contributed by atoms with Crippen LogP contribution in [0, 0.1) is 0 Å². The Morgan fingerprint density at radius 3 is 2.07 bits per heavy atom. The third-order valence-electron chi connectivity index (χ3n) is 6.82. The summed E-state index contributed by atoms with van der Waals surface area (Å²) in [6, 6.07) is 13.7. The number of anilines is 3. The van der Waals surface area contributed by atoms with Crippen LogP contribution >= 0.6 is 0 Å². The van der Waals surface area contributed by atoms with Crippen LogP contribution in [-0.2, 0) is 11.2 Å². The van der Waals surface area contributed by atoms with Gasteiger partial charge in [-0.1, -0.05) is 12.1 Å². The van der Waals surface area contributed by atoms with Crippen molar-refractivity contribution >= 4 is 23.0 Å². The van der Waals surface area contributed by atoms with Crippen molar-refractivity contribution in [3.8, 4) is 0 Å². The highest BCUT2D eigenvalue weighted by molar-refractivity contribution is 5.96. The zero-order chi connectivity index (χ0) is 20.7. The number of fused-ring (bicyclic) bond motifs is 5. The molecule has 0 saturated carbocycles. The van der Waals surface area contributed by atoms with Crippen molar-refractivity contribution in [2.24, 2.45) is 0 Å². The molecule has 0 aromatic heterocycles. The van der Waals surface area contributed by atoms with Crippen LogP contribution in [0.4, 0.5) is 17.1 Å². The van der Waals surface area contributed by atoms with Gasteiger partial charge in [-0.05, 0) is 75.1 Å². The Morgan fingerprint density at radius 1 is 0.897 bits per heavy atom. The van der Waals surface area contributed by atoms with Gasteiger partial charge in [0, 0.05) is 56.1 Å². The largest absolute Gasteiger partial charge is 0.372 e. The Morgan fingerprint density at radius 2 is 1.48 bits per heavy atom. The minimum atomic E-state index is 0.125. The number of hydrogen-bond acceptors (Lipinski definition) is 3. The van der Waals surface area contributed by atoms with Crippen molar-refractivity contribution in [1.29, 1.82) is 0 Å². The predicted octanol–water partition coefficient (Wildman–Crippen LogP) is 5.13. The highest BCUT2D eigenvalue weighted by atomic mass is 16.2. The first-order valence-corrected chi connectivity index (χ1v) is 11.1. The Hall–Kier alpha value is -2.49. The third-order valence-corrected chi connectivity index (χ3v) is 6.82. The number of amides is 1. The van der Waals surface area contributed by atoms with Gasteiger partial charge in [0.05, 0.1) is 6.04 Å². The van der Waals surface area contributed by atoms with Crippen molar-refractivity contribution in [1.82, 2.24) is 0 Å². The van der Waals surface area contributed by atoms with Crippen molar-refractivity contribution in [2.45, 2.75) is 53.0 Å². The molecule has 0 fully saturated rings. The summed E-state index contributed by atoms with van der Waals surface area (Å²) in [5, 5.41) is 0. The van der Waals surface area contributed by atoms with E-state index in [4.69, 9.17) is 0 Å². The summed E-state index contributed by atoms with van der Waals surface area (Å²) in [4.78, 5) is 19.6. The normalized spacial score (nSPS) is 19.0. The van der Waals surface area contributed by atoms with Crippen LogP contribution in [0.25, 0.3) is 0 Å². The first kappa shape index (κ1) is 19.8. The maximum Gasteiger partial charge on any atom is 0.224 e. The maximum atomic E-state index is 12.8. The second kappa shape index (κ2) is 7.74. The van der Waals surface area contributed by atoms with Crippen LogP contribution in [-0.4, -0.2) is 32.1 Å². The van der Waals surface area contributed by atoms with Gasteiger partial charge in [0.2, 0.25) is 5.91 Å². The van der Waals surface area contributed by atoms with Gasteiger partial charge in [0.1, 0.15) is 0 Å². The summed E-state index contributed by atoms with van der Waals surface area (Å²) in [6.45, 7) is 14.4. The standard InChI is InChI=1S/C25H33N3O/c1-6-26(7-2)19-11-10-18-14-23-21-13-12-20(27(8-3)9-4)16-24(21)28(17(5)29)25(23)22(18)15-19/h10-13,15-16,23,25H,6-9,14H2,1-5H3. The van der Waals surface area contributed by atoms with Gasteiger partial charge in [-0.25, -0.2) is 0 Å². The fourth-order valence-corrected chi connectivity index (χ4v) is 5.35. The lowest BCUT2D eigenvalue weighted by Crippen LogP contribution is -2.30. The monoisotopic (exact) mass is 391 g/mol. The molecular formula is C25H33N3O. The smallest absolute Gasteiger partial charge is 0.224 e. The number of nitrogens with zero attached hydrogens (tertiary/aromatic N) is 3. The van der Waals surface area contributed by atoms with Gasteiger partial charge in [-0.2, -0.15) is 0 Å². The van der Waals surface area contributed by atoms with Crippen LogP contribution in [0.3, 0.4) is 0 Å². The summed E-state index contributed by atoms with van der Waals surface area (Å²) < 4.78 is 0. The summed E-state index contributed by atoms with van der Waals surface area (Å²) in [5.74, 6) is 0.498. The molecule has 29 heavy (non-hydrogen) atoms. The van der Waals surface area contributed by atoms with Crippen LogP contribution in [0.1, 0.15) is 63.3 Å². The average Bonchev–Trinajstić information content (AvgIpc) is 3.24. The van der Waals surface area contributed by atoms with Crippen LogP contribution in [0.15, 0.2) is 36.4 Å². The number of benzene rings is 2. The fraction of sp³-hybridized carbons (Fsp3) is 0.480. The van der Waals surface area contributed by atoms with Crippen LogP contribution in [0.5, 0.6) is 0 Å². The predicted molar refractivity (Wildman–Crippen MR) is 122 cm³/mol. The molecule has 4 heteroatoms. The summed E-state index contributed by atoms with van der Waals surface area (Å²) in [7, 11) is 0. The van der Waals surface area contributed by atoms with E-state index in [1.54, 1.807) is 6.92 Å². The second-order valence-electron chi connectivity index (χ2n) is 8.12. The highest BCUT2D eigenvalue weighted by Crippen LogP contribution is 2.56. The van der Waals surface area contributed by atoms with Gasteiger partial charge in [0.25, 0.3) is 0 Å². The molecule has 2 aromatic rings. The number of rotatable bonds is 6. The molecule has 2 atom stereocenters. The van der Waals surface area contributed by atoms with Gasteiger partial charge < -0.3 is 14.7 Å². The minimum absolute atomic E-state index is 0.125. The molecule has 2 aliphatic rings. The van der Waals surface area contributed by atoms with E-state index in [1.165, 1.54) is 28.1 Å². The number of carbonyl (C=O) groups is 1. The lowest BCUT2D eigenvalue weighted by Gasteiger charge is -2.28. The Kier molecular flexibility index (Phi) is 5.28. The molecule has 1 heterocycles. The molecule has 4 rings (SSSR count). The van der Waals surface area contributed by atoms with Gasteiger partial charge in [-0.3, -0.25) is 4.79 Å². The molecule has 154 valence electrons. The first-order chi connectivity index (χ1) is 14.0. The van der Waals surface area contributed by atoms with Gasteiger partial charge in [0.15, 0.2) is 0 Å². The molecule has 1 aliphatic heterocycles. The number of carbonyl (C=O) groups excluding carboxylic acids is 1. The summed E-state index contributed by atoms with van der Waals surface area (Å²) in [5.41, 5.74) is 7.61. The SMILES string of the molecule is CCN(CC)c1ccc2c(c1)C1C(C2)c2ccc(N(CC)CC)cc2N1C(C)=O. The minimum Gasteiger partial charge on any atom is -0.372 e. The molecule has 0 N–H and O–H groups in total. The second-order valence-corrected chi connectivity index (χ2v) is 8.12. The summed E-state index contributed by atoms with van der Waals surface area (Å²) in [6.07, 6.45) is 1.01. The van der Waals surface area contributed by atoms with Crippen molar-refractivity contribution < 1.29 is 4.79 Å². The van der Waals surface area contributed by atoms with E-state index in [2.05, 4.69) is 78.8 Å². The van der Waals surface area contributed by atoms with Crippen molar-refractivity contribution in [3.63, 3.8) is 0 Å². The third kappa shape index (κ3) is 3.09. The molecule has 1 aliphatic carbocycles. The number of hydrogen-bond donors (Lipinski definition) is 0. The van der Waals surface area contributed by atoms with E-state index >= 15 is 0 Å². The zero-order valence-electron chi connectivity index (χ0n) is 18.4. The van der Waals surface area contributed by atoms with Crippen molar-refractivity contribution in [3.05, 3.63) is 53.1 Å². The Balaban J connectivity index is 1.79. The molecule has 0 bridgehead atoms. The molecule has 4 nitrogen and oxygen atoms in total.